The zero-order valence-electron chi connectivity index (χ0n) is 8.68. The van der Waals surface area contributed by atoms with E-state index in [0.29, 0.717) is 6.42 Å². The summed E-state index contributed by atoms with van der Waals surface area (Å²) in [6.07, 6.45) is 0.678. The third-order valence-electron chi connectivity index (χ3n) is 2.99. The van der Waals surface area contributed by atoms with Gasteiger partial charge in [0, 0.05) is 17.5 Å². The van der Waals surface area contributed by atoms with Crippen LogP contribution in [0.4, 0.5) is 4.79 Å². The van der Waals surface area contributed by atoms with Crippen LogP contribution in [-0.4, -0.2) is 28.4 Å². The van der Waals surface area contributed by atoms with Gasteiger partial charge in [-0.25, -0.2) is 4.79 Å². The van der Waals surface area contributed by atoms with Gasteiger partial charge >= 0.3 is 6.03 Å². The van der Waals surface area contributed by atoms with Crippen LogP contribution in [0.5, 0.6) is 0 Å². The van der Waals surface area contributed by atoms with E-state index in [9.17, 15) is 4.79 Å². The molecule has 4 heteroatoms. The van der Waals surface area contributed by atoms with Crippen molar-refractivity contribution in [3.63, 3.8) is 0 Å². The molecular formula is C12H12N2O2. The molecule has 1 amide bonds. The van der Waals surface area contributed by atoms with Gasteiger partial charge in [0.25, 0.3) is 0 Å². The fraction of sp³-hybridized carbons (Fsp3) is 0.250. The van der Waals surface area contributed by atoms with Crippen molar-refractivity contribution < 1.29 is 9.90 Å². The predicted octanol–water partition coefficient (Wildman–Crippen LogP) is 1.12. The number of hydrogen-bond donors (Lipinski definition) is 2. The Morgan fingerprint density at radius 2 is 2.25 bits per heavy atom. The number of fused-ring (bicyclic) bond motifs is 3. The summed E-state index contributed by atoms with van der Waals surface area (Å²) >= 11 is 0. The van der Waals surface area contributed by atoms with Crippen molar-refractivity contribution in [2.45, 2.75) is 12.5 Å². The highest BCUT2D eigenvalue weighted by Gasteiger charge is 2.24. The van der Waals surface area contributed by atoms with Gasteiger partial charge < -0.3 is 10.4 Å². The number of aromatic nitrogens is 1. The van der Waals surface area contributed by atoms with Crippen molar-refractivity contribution in [1.82, 2.24) is 9.88 Å². The Morgan fingerprint density at radius 1 is 1.44 bits per heavy atom. The molecule has 2 heterocycles. The molecule has 2 aromatic rings. The number of benzene rings is 1. The SMILES string of the molecule is O=C1NC(CO)Cc2cc3ccccc3n21. The first-order chi connectivity index (χ1) is 7.79. The van der Waals surface area contributed by atoms with Gasteiger partial charge in [0.05, 0.1) is 18.2 Å². The normalized spacial score (nSPS) is 19.6. The quantitative estimate of drug-likeness (QED) is 0.750. The lowest BCUT2D eigenvalue weighted by atomic mass is 10.1. The number of amides is 1. The summed E-state index contributed by atoms with van der Waals surface area (Å²) in [5, 5.41) is 12.9. The highest BCUT2D eigenvalue weighted by molar-refractivity contribution is 5.93. The Balaban J connectivity index is 2.21. The molecule has 4 nitrogen and oxygen atoms in total. The molecule has 1 unspecified atom stereocenters. The average Bonchev–Trinajstić information content (AvgIpc) is 2.67. The minimum atomic E-state index is -0.163. The second-order valence-electron chi connectivity index (χ2n) is 4.06. The molecule has 0 aliphatic carbocycles. The number of rotatable bonds is 1. The molecule has 0 fully saturated rings. The molecule has 1 aromatic heterocycles. The van der Waals surface area contributed by atoms with E-state index < -0.39 is 0 Å². The summed E-state index contributed by atoms with van der Waals surface area (Å²) in [6.45, 7) is -0.0206. The van der Waals surface area contributed by atoms with E-state index in [2.05, 4.69) is 5.32 Å². The number of aliphatic hydroxyl groups excluding tert-OH is 1. The van der Waals surface area contributed by atoms with Crippen LogP contribution in [0.2, 0.25) is 0 Å². The summed E-state index contributed by atoms with van der Waals surface area (Å²) < 4.78 is 1.68. The van der Waals surface area contributed by atoms with Crippen LogP contribution in [0.1, 0.15) is 5.69 Å². The molecule has 1 atom stereocenters. The lowest BCUT2D eigenvalue weighted by Crippen LogP contribution is -2.46. The standard InChI is InChI=1S/C12H12N2O2/c15-7-9-6-10-5-8-3-1-2-4-11(8)14(10)12(16)13-9/h1-5,9,15H,6-7H2,(H,13,16). The summed E-state index contributed by atoms with van der Waals surface area (Å²) in [5.74, 6) is 0. The number of para-hydroxylation sites is 1. The Kier molecular flexibility index (Phi) is 1.97. The van der Waals surface area contributed by atoms with Crippen LogP contribution in [0, 0.1) is 0 Å². The van der Waals surface area contributed by atoms with E-state index in [1.807, 2.05) is 30.3 Å². The molecular weight excluding hydrogens is 204 g/mol. The second-order valence-corrected chi connectivity index (χ2v) is 4.06. The van der Waals surface area contributed by atoms with Gasteiger partial charge in [0.2, 0.25) is 0 Å². The molecule has 2 N–H and O–H groups in total. The Morgan fingerprint density at radius 3 is 3.06 bits per heavy atom. The predicted molar refractivity (Wildman–Crippen MR) is 60.4 cm³/mol. The molecule has 0 radical (unpaired) electrons. The van der Waals surface area contributed by atoms with Crippen LogP contribution in [0.25, 0.3) is 10.9 Å². The molecule has 1 aliphatic rings. The van der Waals surface area contributed by atoms with E-state index in [0.717, 1.165) is 16.6 Å². The highest BCUT2D eigenvalue weighted by Crippen LogP contribution is 2.22. The summed E-state index contributed by atoms with van der Waals surface area (Å²) in [7, 11) is 0. The van der Waals surface area contributed by atoms with E-state index >= 15 is 0 Å². The molecule has 1 aromatic carbocycles. The lowest BCUT2D eigenvalue weighted by molar-refractivity contribution is 0.209. The van der Waals surface area contributed by atoms with Gasteiger partial charge in [-0.15, -0.1) is 0 Å². The average molecular weight is 216 g/mol. The van der Waals surface area contributed by atoms with E-state index in [4.69, 9.17) is 5.11 Å². The first-order valence-corrected chi connectivity index (χ1v) is 5.30. The molecule has 0 saturated carbocycles. The monoisotopic (exact) mass is 216 g/mol. The van der Waals surface area contributed by atoms with Gasteiger partial charge in [-0.05, 0) is 12.1 Å². The molecule has 1 aliphatic heterocycles. The number of nitrogens with one attached hydrogen (secondary N) is 1. The second kappa shape index (κ2) is 3.35. The minimum absolute atomic E-state index is 0.0206. The third-order valence-corrected chi connectivity index (χ3v) is 2.99. The van der Waals surface area contributed by atoms with Gasteiger partial charge in [-0.1, -0.05) is 18.2 Å². The Labute approximate surface area is 92.5 Å². The van der Waals surface area contributed by atoms with Gasteiger partial charge in [-0.3, -0.25) is 4.57 Å². The molecule has 16 heavy (non-hydrogen) atoms. The molecule has 0 saturated heterocycles. The summed E-state index contributed by atoms with van der Waals surface area (Å²) in [6, 6.07) is 9.48. The largest absolute Gasteiger partial charge is 0.394 e. The fourth-order valence-electron chi connectivity index (χ4n) is 2.25. The van der Waals surface area contributed by atoms with Crippen LogP contribution < -0.4 is 5.32 Å². The van der Waals surface area contributed by atoms with Crippen LogP contribution in [0.3, 0.4) is 0 Å². The van der Waals surface area contributed by atoms with Crippen LogP contribution in [0.15, 0.2) is 30.3 Å². The van der Waals surface area contributed by atoms with Crippen molar-refractivity contribution in [1.29, 1.82) is 0 Å². The number of carbonyl (C=O) groups excluding carboxylic acids is 1. The molecule has 3 rings (SSSR count). The molecule has 82 valence electrons. The van der Waals surface area contributed by atoms with E-state index in [1.54, 1.807) is 4.57 Å². The summed E-state index contributed by atoms with van der Waals surface area (Å²) in [4.78, 5) is 11.9. The third kappa shape index (κ3) is 1.23. The van der Waals surface area contributed by atoms with Crippen molar-refractivity contribution >= 4 is 16.9 Å². The molecule has 0 bridgehead atoms. The van der Waals surface area contributed by atoms with Gasteiger partial charge in [0.15, 0.2) is 0 Å². The van der Waals surface area contributed by atoms with Gasteiger partial charge in [0.1, 0.15) is 0 Å². The Hall–Kier alpha value is -1.81. The smallest absolute Gasteiger partial charge is 0.326 e. The maximum Gasteiger partial charge on any atom is 0.326 e. The molecule has 0 spiro atoms. The zero-order valence-corrected chi connectivity index (χ0v) is 8.68. The van der Waals surface area contributed by atoms with Gasteiger partial charge in [-0.2, -0.15) is 0 Å². The highest BCUT2D eigenvalue weighted by atomic mass is 16.3. The van der Waals surface area contributed by atoms with E-state index in [-0.39, 0.29) is 18.7 Å². The lowest BCUT2D eigenvalue weighted by Gasteiger charge is -2.23. The topological polar surface area (TPSA) is 54.3 Å². The number of hydrogen-bond acceptors (Lipinski definition) is 2. The first kappa shape index (κ1) is 9.42. The number of carbonyl (C=O) groups is 1. The fourth-order valence-corrected chi connectivity index (χ4v) is 2.25. The number of nitrogens with zero attached hydrogens (tertiary/aromatic N) is 1. The minimum Gasteiger partial charge on any atom is -0.394 e. The van der Waals surface area contributed by atoms with Crippen molar-refractivity contribution in [3.8, 4) is 0 Å². The maximum atomic E-state index is 11.9. The van der Waals surface area contributed by atoms with Crippen molar-refractivity contribution in [2.75, 3.05) is 6.61 Å². The summed E-state index contributed by atoms with van der Waals surface area (Å²) in [5.41, 5.74) is 1.88. The maximum absolute atomic E-state index is 11.9. The van der Waals surface area contributed by atoms with Crippen molar-refractivity contribution in [3.05, 3.63) is 36.0 Å². The zero-order chi connectivity index (χ0) is 11.1. The first-order valence-electron chi connectivity index (χ1n) is 5.30. The number of aliphatic hydroxyl groups is 1. The van der Waals surface area contributed by atoms with Crippen LogP contribution in [-0.2, 0) is 6.42 Å². The van der Waals surface area contributed by atoms with E-state index in [1.165, 1.54) is 0 Å². The Bertz CT molecular complexity index is 559. The van der Waals surface area contributed by atoms with Crippen molar-refractivity contribution in [2.24, 2.45) is 0 Å². The van der Waals surface area contributed by atoms with Crippen LogP contribution >= 0.6 is 0 Å².